The van der Waals surface area contributed by atoms with Crippen LogP contribution in [0.4, 0.5) is 44.4 Å². The van der Waals surface area contributed by atoms with Crippen LogP contribution in [-0.4, -0.2) is 30.9 Å². The van der Waals surface area contributed by atoms with E-state index in [0.29, 0.717) is 16.9 Å². The van der Waals surface area contributed by atoms with Crippen molar-refractivity contribution in [1.29, 1.82) is 10.5 Å². The molecule has 6 aromatic rings. The van der Waals surface area contributed by atoms with Crippen molar-refractivity contribution in [2.24, 2.45) is 20.5 Å². The van der Waals surface area contributed by atoms with Gasteiger partial charge < -0.3 is 10.6 Å². The summed E-state index contributed by atoms with van der Waals surface area (Å²) in [5.41, 5.74) is 2.17. The summed E-state index contributed by atoms with van der Waals surface area (Å²) in [6.07, 6.45) is 0. The zero-order valence-corrected chi connectivity index (χ0v) is 29.1. The van der Waals surface area contributed by atoms with Gasteiger partial charge in [0, 0.05) is 27.7 Å². The number of nitrogens with one attached hydrogen (secondary N) is 2. The van der Waals surface area contributed by atoms with E-state index in [1.54, 1.807) is 6.92 Å². The van der Waals surface area contributed by atoms with Gasteiger partial charge in [-0.25, -0.2) is 4.98 Å². The van der Waals surface area contributed by atoms with Gasteiger partial charge in [0.05, 0.1) is 16.8 Å². The number of azo groups is 2. The number of para-hydroxylation sites is 2. The minimum atomic E-state index is -4.87. The van der Waals surface area contributed by atoms with E-state index < -0.39 is 30.0 Å². The molecule has 0 spiro atoms. The Morgan fingerprint density at radius 1 is 0.692 bits per heavy atom. The van der Waals surface area contributed by atoms with Crippen molar-refractivity contribution < 1.29 is 25.9 Å². The molecule has 0 saturated carbocycles. The summed E-state index contributed by atoms with van der Waals surface area (Å²) in [5.74, 6) is 0.560. The van der Waals surface area contributed by atoms with Crippen LogP contribution in [0.5, 0.6) is 0 Å². The quantitative estimate of drug-likeness (QED) is 0.0759. The number of fused-ring (bicyclic) bond motifs is 1. The highest BCUT2D eigenvalue weighted by Gasteiger charge is 2.22. The maximum atomic E-state index is 12.2. The fourth-order valence-electron chi connectivity index (χ4n) is 5.03. The number of pyridine rings is 1. The number of thiophene rings is 1. The number of rotatable bonds is 10. The molecule has 52 heavy (non-hydrogen) atoms. The second kappa shape index (κ2) is 14.4. The molecule has 0 aliphatic heterocycles. The number of hydrogen-bond donors (Lipinski definition) is 4. The fraction of sp³-hybridized carbons (Fsp3) is 0.0294. The zero-order chi connectivity index (χ0) is 37.0. The van der Waals surface area contributed by atoms with E-state index in [-0.39, 0.29) is 54.9 Å². The second-order valence-electron chi connectivity index (χ2n) is 10.8. The van der Waals surface area contributed by atoms with Crippen LogP contribution in [0, 0.1) is 29.6 Å². The molecule has 0 saturated heterocycles. The lowest BCUT2D eigenvalue weighted by molar-refractivity contribution is 0.481. The molecule has 4 N–H and O–H groups in total. The lowest BCUT2D eigenvalue weighted by atomic mass is 10.1. The van der Waals surface area contributed by atoms with Crippen LogP contribution < -0.4 is 10.6 Å². The van der Waals surface area contributed by atoms with Gasteiger partial charge in [-0.3, -0.25) is 9.11 Å². The third-order valence-electron chi connectivity index (χ3n) is 7.38. The molecule has 258 valence electrons. The Labute approximate surface area is 300 Å². The first-order valence-corrected chi connectivity index (χ1v) is 18.5. The summed E-state index contributed by atoms with van der Waals surface area (Å²) >= 11 is 0.909. The molecule has 4 aromatic carbocycles. The molecule has 6 rings (SSSR count). The summed E-state index contributed by atoms with van der Waals surface area (Å²) in [7, 11) is -9.66. The monoisotopic (exact) mass is 749 g/mol. The first kappa shape index (κ1) is 35.4. The van der Waals surface area contributed by atoms with Gasteiger partial charge >= 0.3 is 0 Å². The molecular formula is C34H23N9O6S3. The van der Waals surface area contributed by atoms with E-state index >= 15 is 0 Å². The minimum Gasteiger partial charge on any atom is -0.339 e. The molecule has 0 unspecified atom stereocenters. The first-order valence-electron chi connectivity index (χ1n) is 14.8. The number of anilines is 4. The Balaban J connectivity index is 1.40. The summed E-state index contributed by atoms with van der Waals surface area (Å²) in [6.45, 7) is 1.69. The van der Waals surface area contributed by atoms with E-state index in [4.69, 9.17) is 0 Å². The van der Waals surface area contributed by atoms with Gasteiger partial charge in [-0.15, -0.1) is 20.5 Å². The van der Waals surface area contributed by atoms with Crippen molar-refractivity contribution in [3.63, 3.8) is 0 Å². The highest BCUT2D eigenvalue weighted by atomic mass is 32.2. The van der Waals surface area contributed by atoms with E-state index in [0.717, 1.165) is 23.5 Å². The fourth-order valence-corrected chi connectivity index (χ4v) is 7.20. The van der Waals surface area contributed by atoms with Crippen LogP contribution in [0.3, 0.4) is 0 Å². The maximum absolute atomic E-state index is 12.2. The molecule has 0 aliphatic rings. The molecule has 0 aliphatic carbocycles. The predicted molar refractivity (Wildman–Crippen MR) is 194 cm³/mol. The summed E-state index contributed by atoms with van der Waals surface area (Å²) in [5, 5.41) is 43.0. The van der Waals surface area contributed by atoms with Crippen LogP contribution in [0.1, 0.15) is 16.7 Å². The number of aromatic nitrogens is 1. The first-order chi connectivity index (χ1) is 24.9. The molecule has 0 bridgehead atoms. The zero-order valence-electron chi connectivity index (χ0n) is 26.6. The van der Waals surface area contributed by atoms with Gasteiger partial charge in [-0.2, -0.15) is 27.4 Å². The smallest absolute Gasteiger partial charge is 0.295 e. The Morgan fingerprint density at radius 3 is 1.92 bits per heavy atom. The molecule has 0 amide bonds. The van der Waals surface area contributed by atoms with Gasteiger partial charge in [0.1, 0.15) is 32.6 Å². The number of nitriles is 2. The third-order valence-corrected chi connectivity index (χ3v) is 10.1. The third kappa shape index (κ3) is 7.66. The normalized spacial score (nSPS) is 11.9. The van der Waals surface area contributed by atoms with Crippen molar-refractivity contribution >= 4 is 86.7 Å². The topological polar surface area (TPSA) is 243 Å². The largest absolute Gasteiger partial charge is 0.339 e. The van der Waals surface area contributed by atoms with Crippen molar-refractivity contribution in [3.05, 3.63) is 114 Å². The second-order valence-corrected chi connectivity index (χ2v) is 14.6. The summed E-state index contributed by atoms with van der Waals surface area (Å²) in [4.78, 5) is 3.41. The Bertz CT molecular complexity index is 2720. The van der Waals surface area contributed by atoms with Gasteiger partial charge in [0.15, 0.2) is 16.6 Å². The minimum absolute atomic E-state index is 0.0690. The Hall–Kier alpha value is -6.41. The summed E-state index contributed by atoms with van der Waals surface area (Å²) < 4.78 is 68.0. The average molecular weight is 750 g/mol. The number of nitrogens with zero attached hydrogens (tertiary/aromatic N) is 7. The van der Waals surface area contributed by atoms with Crippen LogP contribution >= 0.6 is 11.3 Å². The Morgan fingerprint density at radius 2 is 1.33 bits per heavy atom. The molecule has 15 nitrogen and oxygen atoms in total. The SMILES string of the molecule is Cc1c(C#N)c(Nc2ccccc2)nc(Nc2ccccc2)c1N=Nc1sc(N=Nc2cc(S(=O)(=O)O)c3cccc(S(=O)(=O)O)c3c2)cc1C#N. The highest BCUT2D eigenvalue weighted by Crippen LogP contribution is 2.41. The van der Waals surface area contributed by atoms with Gasteiger partial charge in [-0.1, -0.05) is 59.9 Å². The molecule has 0 fully saturated rings. The lowest BCUT2D eigenvalue weighted by Crippen LogP contribution is -2.04. The van der Waals surface area contributed by atoms with Crippen molar-refractivity contribution in [3.8, 4) is 12.1 Å². The van der Waals surface area contributed by atoms with Crippen LogP contribution in [0.2, 0.25) is 0 Å². The van der Waals surface area contributed by atoms with E-state index in [1.165, 1.54) is 24.3 Å². The van der Waals surface area contributed by atoms with Crippen LogP contribution in [-0.2, 0) is 20.2 Å². The molecule has 2 aromatic heterocycles. The van der Waals surface area contributed by atoms with Crippen molar-refractivity contribution in [2.75, 3.05) is 10.6 Å². The highest BCUT2D eigenvalue weighted by molar-refractivity contribution is 7.86. The van der Waals surface area contributed by atoms with E-state index in [1.807, 2.05) is 66.7 Å². The van der Waals surface area contributed by atoms with Crippen molar-refractivity contribution in [1.82, 2.24) is 4.98 Å². The number of hydrogen-bond acceptors (Lipinski definition) is 14. The van der Waals surface area contributed by atoms with Gasteiger partial charge in [0.25, 0.3) is 20.2 Å². The molecule has 0 radical (unpaired) electrons. The van der Waals surface area contributed by atoms with Gasteiger partial charge in [-0.05, 0) is 55.5 Å². The van der Waals surface area contributed by atoms with Gasteiger partial charge in [0.2, 0.25) is 0 Å². The average Bonchev–Trinajstić information content (AvgIpc) is 3.52. The standard InChI is InChI=1S/C34H23N9O6S3/c1-20-27(19-36)32(37-22-9-4-2-5-10-22)39-33(38-23-11-6-3-7-12-23)31(20)42-43-34-21(18-35)15-30(50-34)41-40-24-16-26-25(29(17-24)52(47,48)49)13-8-14-28(26)51(44,45)46/h2-17H,1H3,(H2,37,38,39)(H,44,45,46)(H,47,48,49). The van der Waals surface area contributed by atoms with E-state index in [2.05, 4.69) is 42.1 Å². The summed E-state index contributed by atoms with van der Waals surface area (Å²) in [6, 6.07) is 29.6. The molecular weight excluding hydrogens is 727 g/mol. The Kier molecular flexibility index (Phi) is 9.84. The molecule has 18 heteroatoms. The van der Waals surface area contributed by atoms with Crippen LogP contribution in [0.15, 0.2) is 127 Å². The molecule has 2 heterocycles. The maximum Gasteiger partial charge on any atom is 0.295 e. The van der Waals surface area contributed by atoms with E-state index in [9.17, 15) is 36.5 Å². The molecule has 0 atom stereocenters. The van der Waals surface area contributed by atoms with Crippen LogP contribution in [0.25, 0.3) is 10.8 Å². The lowest BCUT2D eigenvalue weighted by Gasteiger charge is -2.15. The van der Waals surface area contributed by atoms with Crippen molar-refractivity contribution in [2.45, 2.75) is 16.7 Å². The predicted octanol–water partition coefficient (Wildman–Crippen LogP) is 9.16. The number of benzene rings is 4.